The Hall–Kier alpha value is -3.78. The lowest BCUT2D eigenvalue weighted by atomic mass is 10.0. The predicted molar refractivity (Wildman–Crippen MR) is 116 cm³/mol. The van der Waals surface area contributed by atoms with Crippen LogP contribution in [0.1, 0.15) is 16.9 Å². The zero-order valence-corrected chi connectivity index (χ0v) is 16.9. The molecular weight excluding hydrogens is 402 g/mol. The summed E-state index contributed by atoms with van der Waals surface area (Å²) in [4.78, 5) is 28.9. The van der Waals surface area contributed by atoms with Gasteiger partial charge in [0.15, 0.2) is 4.96 Å². The van der Waals surface area contributed by atoms with Gasteiger partial charge in [-0.1, -0.05) is 23.5 Å². The number of nitro groups is 1. The highest BCUT2D eigenvalue weighted by atomic mass is 32.1. The van der Waals surface area contributed by atoms with Crippen LogP contribution in [0.2, 0.25) is 0 Å². The predicted octanol–water partition coefficient (Wildman–Crippen LogP) is 4.24. The number of aromatic nitrogens is 2. The molecule has 0 aliphatic heterocycles. The first-order chi connectivity index (χ1) is 14.4. The monoisotopic (exact) mass is 417 g/mol. The summed E-state index contributed by atoms with van der Waals surface area (Å²) in [5.41, 5.74) is 3.53. The number of imidazole rings is 1. The number of hydrogen-bond donors (Lipinski definition) is 0. The van der Waals surface area contributed by atoms with Gasteiger partial charge in [-0.05, 0) is 49.7 Å². The van der Waals surface area contributed by atoms with Crippen molar-refractivity contribution in [3.05, 3.63) is 90.4 Å². The van der Waals surface area contributed by atoms with Crippen LogP contribution in [0.5, 0.6) is 0 Å². The lowest BCUT2D eigenvalue weighted by Gasteiger charge is -2.04. The molecule has 0 atom stereocenters. The molecule has 0 saturated carbocycles. The SMILES string of the molecule is Cc1cc(-c2ccc(C=c3sc4nc5ccccc5n4c3=O)o2)cc([N+](=O)[O-])c1C. The van der Waals surface area contributed by atoms with Gasteiger partial charge in [-0.3, -0.25) is 14.9 Å². The van der Waals surface area contributed by atoms with Crippen molar-refractivity contribution in [2.75, 3.05) is 0 Å². The molecule has 0 spiro atoms. The Morgan fingerprint density at radius 1 is 1.17 bits per heavy atom. The molecule has 7 nitrogen and oxygen atoms in total. The summed E-state index contributed by atoms with van der Waals surface area (Å²) < 4.78 is 7.99. The normalized spacial score (nSPS) is 12.3. The van der Waals surface area contributed by atoms with E-state index >= 15 is 0 Å². The number of furan rings is 1. The van der Waals surface area contributed by atoms with E-state index in [4.69, 9.17) is 4.42 Å². The Morgan fingerprint density at radius 3 is 2.77 bits per heavy atom. The van der Waals surface area contributed by atoms with Crippen molar-refractivity contribution in [1.82, 2.24) is 9.38 Å². The zero-order chi connectivity index (χ0) is 21.0. The van der Waals surface area contributed by atoms with Crippen molar-refractivity contribution in [3.63, 3.8) is 0 Å². The number of aryl methyl sites for hydroxylation is 1. The van der Waals surface area contributed by atoms with Gasteiger partial charge >= 0.3 is 0 Å². The molecule has 5 rings (SSSR count). The summed E-state index contributed by atoms with van der Waals surface area (Å²) in [6.45, 7) is 3.56. The Morgan fingerprint density at radius 2 is 1.97 bits per heavy atom. The van der Waals surface area contributed by atoms with Crippen LogP contribution in [-0.2, 0) is 0 Å². The van der Waals surface area contributed by atoms with E-state index in [9.17, 15) is 14.9 Å². The molecule has 2 aromatic carbocycles. The van der Waals surface area contributed by atoms with E-state index in [2.05, 4.69) is 4.98 Å². The molecule has 3 aromatic heterocycles. The Balaban J connectivity index is 1.60. The van der Waals surface area contributed by atoms with E-state index in [0.29, 0.717) is 32.1 Å². The topological polar surface area (TPSA) is 90.7 Å². The molecule has 0 saturated heterocycles. The van der Waals surface area contributed by atoms with Gasteiger partial charge in [0.2, 0.25) is 0 Å². The number of nitro benzene ring substituents is 1. The number of rotatable bonds is 3. The van der Waals surface area contributed by atoms with Crippen LogP contribution in [0.3, 0.4) is 0 Å². The van der Waals surface area contributed by atoms with Crippen LogP contribution in [-0.4, -0.2) is 14.3 Å². The fraction of sp³-hybridized carbons (Fsp3) is 0.0909. The van der Waals surface area contributed by atoms with Crippen molar-refractivity contribution < 1.29 is 9.34 Å². The van der Waals surface area contributed by atoms with Crippen LogP contribution in [0.4, 0.5) is 5.69 Å². The number of para-hydroxylation sites is 2. The summed E-state index contributed by atoms with van der Waals surface area (Å²) in [5, 5.41) is 11.3. The van der Waals surface area contributed by atoms with Gasteiger partial charge in [0.05, 0.1) is 16.0 Å². The van der Waals surface area contributed by atoms with Gasteiger partial charge in [-0.2, -0.15) is 0 Å². The first-order valence-electron chi connectivity index (χ1n) is 9.20. The van der Waals surface area contributed by atoms with Gasteiger partial charge in [0, 0.05) is 23.3 Å². The van der Waals surface area contributed by atoms with E-state index in [1.54, 1.807) is 29.5 Å². The highest BCUT2D eigenvalue weighted by Crippen LogP contribution is 2.31. The average molecular weight is 417 g/mol. The van der Waals surface area contributed by atoms with E-state index < -0.39 is 4.92 Å². The maximum Gasteiger partial charge on any atom is 0.275 e. The third-order valence-electron chi connectivity index (χ3n) is 5.17. The fourth-order valence-electron chi connectivity index (χ4n) is 3.50. The highest BCUT2D eigenvalue weighted by Gasteiger charge is 2.17. The summed E-state index contributed by atoms with van der Waals surface area (Å²) in [7, 11) is 0. The smallest absolute Gasteiger partial charge is 0.275 e. The molecule has 0 unspecified atom stereocenters. The number of fused-ring (bicyclic) bond motifs is 3. The Bertz CT molecular complexity index is 1580. The molecule has 0 aliphatic carbocycles. The molecule has 0 fully saturated rings. The summed E-state index contributed by atoms with van der Waals surface area (Å²) in [5.74, 6) is 1.00. The fourth-order valence-corrected chi connectivity index (χ4v) is 4.47. The van der Waals surface area contributed by atoms with Crippen molar-refractivity contribution >= 4 is 39.1 Å². The Labute approximate surface area is 173 Å². The zero-order valence-electron chi connectivity index (χ0n) is 16.1. The molecule has 148 valence electrons. The maximum atomic E-state index is 12.9. The minimum atomic E-state index is -0.392. The number of hydrogen-bond acceptors (Lipinski definition) is 6. The Kier molecular flexibility index (Phi) is 4.04. The molecule has 3 heterocycles. The van der Waals surface area contributed by atoms with Crippen LogP contribution in [0, 0.1) is 24.0 Å². The van der Waals surface area contributed by atoms with Gasteiger partial charge in [-0.15, -0.1) is 0 Å². The van der Waals surface area contributed by atoms with Crippen LogP contribution >= 0.6 is 11.3 Å². The van der Waals surface area contributed by atoms with Crippen LogP contribution in [0.15, 0.2) is 57.7 Å². The molecule has 5 aromatic rings. The maximum absolute atomic E-state index is 12.9. The van der Waals surface area contributed by atoms with Crippen molar-refractivity contribution in [1.29, 1.82) is 0 Å². The highest BCUT2D eigenvalue weighted by molar-refractivity contribution is 7.15. The van der Waals surface area contributed by atoms with Crippen LogP contribution < -0.4 is 10.1 Å². The van der Waals surface area contributed by atoms with E-state index in [1.165, 1.54) is 17.4 Å². The van der Waals surface area contributed by atoms with E-state index in [-0.39, 0.29) is 11.2 Å². The standard InChI is InChI=1S/C22H15N3O4S/c1-12-9-14(10-18(13(12)2)25(27)28)19-8-7-15(29-19)11-20-21(26)24-17-6-4-3-5-16(17)23-22(24)30-20/h3-11H,1-2H3. The number of thiazole rings is 1. The molecule has 8 heteroatoms. The van der Waals surface area contributed by atoms with Gasteiger partial charge in [-0.25, -0.2) is 9.38 Å². The molecule has 0 radical (unpaired) electrons. The van der Waals surface area contributed by atoms with Crippen molar-refractivity contribution in [3.8, 4) is 11.3 Å². The molecule has 0 bridgehead atoms. The summed E-state index contributed by atoms with van der Waals surface area (Å²) in [6.07, 6.45) is 1.68. The molecular formula is C22H15N3O4S. The number of nitrogens with zero attached hydrogens (tertiary/aromatic N) is 3. The molecule has 0 amide bonds. The second-order valence-electron chi connectivity index (χ2n) is 7.03. The van der Waals surface area contributed by atoms with Crippen molar-refractivity contribution in [2.45, 2.75) is 13.8 Å². The van der Waals surface area contributed by atoms with Gasteiger partial charge in [0.25, 0.3) is 11.2 Å². The number of benzene rings is 2. The lowest BCUT2D eigenvalue weighted by Crippen LogP contribution is -2.22. The first kappa shape index (κ1) is 18.3. The first-order valence-corrected chi connectivity index (χ1v) is 10.0. The molecule has 30 heavy (non-hydrogen) atoms. The van der Waals surface area contributed by atoms with E-state index in [0.717, 1.165) is 16.6 Å². The third kappa shape index (κ3) is 2.81. The quantitative estimate of drug-likeness (QED) is 0.323. The third-order valence-corrected chi connectivity index (χ3v) is 6.14. The molecule has 0 N–H and O–H groups in total. The second kappa shape index (κ2) is 6.64. The lowest BCUT2D eigenvalue weighted by molar-refractivity contribution is -0.385. The van der Waals surface area contributed by atoms with E-state index in [1.807, 2.05) is 37.3 Å². The van der Waals surface area contributed by atoms with Crippen molar-refractivity contribution in [2.24, 2.45) is 0 Å². The van der Waals surface area contributed by atoms with Gasteiger partial charge in [0.1, 0.15) is 16.1 Å². The summed E-state index contributed by atoms with van der Waals surface area (Å²) >= 11 is 1.29. The summed E-state index contributed by atoms with van der Waals surface area (Å²) in [6, 6.07) is 14.4. The average Bonchev–Trinajstić information content (AvgIpc) is 3.40. The minimum Gasteiger partial charge on any atom is -0.457 e. The molecule has 0 aliphatic rings. The second-order valence-corrected chi connectivity index (χ2v) is 8.04. The minimum absolute atomic E-state index is 0.0557. The van der Waals surface area contributed by atoms with Crippen LogP contribution in [0.25, 0.3) is 33.4 Å². The largest absolute Gasteiger partial charge is 0.457 e. The van der Waals surface area contributed by atoms with Gasteiger partial charge < -0.3 is 4.42 Å².